The molecule has 0 atom stereocenters. The molecule has 1 N–H and O–H groups in total. The molecule has 0 aliphatic heterocycles. The Labute approximate surface area is 98.9 Å². The number of hydrogen-bond donors (Lipinski definition) is 1. The van der Waals surface area contributed by atoms with Gasteiger partial charge in [-0.2, -0.15) is 9.50 Å². The van der Waals surface area contributed by atoms with Crippen LogP contribution in [0, 0.1) is 13.8 Å². The molecule has 0 amide bonds. The molecule has 0 radical (unpaired) electrons. The minimum Gasteiger partial charge on any atom is -0.327 e. The lowest BCUT2D eigenvalue weighted by Gasteiger charge is -2.12. The highest BCUT2D eigenvalue weighted by Crippen LogP contribution is 2.33. The number of aryl methyl sites for hydroxylation is 1. The molecule has 5 heteroatoms. The third kappa shape index (κ3) is 1.57. The fourth-order valence-corrected chi connectivity index (χ4v) is 2.75. The molecule has 0 aromatic carbocycles. The lowest BCUT2D eigenvalue weighted by atomic mass is 10.0. The van der Waals surface area contributed by atoms with Gasteiger partial charge in [0.05, 0.1) is 0 Å². The van der Waals surface area contributed by atoms with Crippen LogP contribution < -0.4 is 5.56 Å². The van der Waals surface area contributed by atoms with Crippen LogP contribution in [0.1, 0.15) is 48.7 Å². The van der Waals surface area contributed by atoms with Crippen molar-refractivity contribution in [1.29, 1.82) is 0 Å². The SMILES string of the molecule is Cc1nc2[nH]c(C3CCCC3)c(C)c(=O)n2n1. The molecule has 0 saturated heterocycles. The summed E-state index contributed by atoms with van der Waals surface area (Å²) in [5, 5.41) is 4.10. The Morgan fingerprint density at radius 3 is 2.71 bits per heavy atom. The molecule has 17 heavy (non-hydrogen) atoms. The lowest BCUT2D eigenvalue weighted by Crippen LogP contribution is -2.21. The van der Waals surface area contributed by atoms with E-state index in [4.69, 9.17) is 0 Å². The number of nitrogens with zero attached hydrogens (tertiary/aromatic N) is 3. The molecule has 1 saturated carbocycles. The summed E-state index contributed by atoms with van der Waals surface area (Å²) in [6.07, 6.45) is 4.84. The highest BCUT2D eigenvalue weighted by atomic mass is 16.1. The van der Waals surface area contributed by atoms with E-state index in [9.17, 15) is 4.79 Å². The first-order chi connectivity index (χ1) is 8.16. The molecule has 2 aromatic heterocycles. The quantitative estimate of drug-likeness (QED) is 0.813. The summed E-state index contributed by atoms with van der Waals surface area (Å²) in [4.78, 5) is 19.7. The maximum absolute atomic E-state index is 12.2. The minimum atomic E-state index is -0.0405. The van der Waals surface area contributed by atoms with Crippen molar-refractivity contribution in [1.82, 2.24) is 19.6 Å². The van der Waals surface area contributed by atoms with E-state index in [1.165, 1.54) is 30.2 Å². The van der Waals surface area contributed by atoms with Gasteiger partial charge < -0.3 is 4.98 Å². The van der Waals surface area contributed by atoms with E-state index < -0.39 is 0 Å². The lowest BCUT2D eigenvalue weighted by molar-refractivity contribution is 0.681. The Hall–Kier alpha value is -1.65. The van der Waals surface area contributed by atoms with Crippen molar-refractivity contribution in [2.24, 2.45) is 0 Å². The zero-order valence-corrected chi connectivity index (χ0v) is 10.2. The Morgan fingerprint density at radius 1 is 1.29 bits per heavy atom. The number of hydrogen-bond acceptors (Lipinski definition) is 3. The zero-order valence-electron chi connectivity index (χ0n) is 10.2. The van der Waals surface area contributed by atoms with Crippen molar-refractivity contribution in [3.8, 4) is 0 Å². The second kappa shape index (κ2) is 3.68. The van der Waals surface area contributed by atoms with Crippen LogP contribution in [0.15, 0.2) is 4.79 Å². The number of aromatic nitrogens is 4. The fourth-order valence-electron chi connectivity index (χ4n) is 2.75. The molecule has 0 unspecified atom stereocenters. The number of H-pyrrole nitrogens is 1. The molecule has 0 bridgehead atoms. The van der Waals surface area contributed by atoms with Crippen LogP contribution in [0.25, 0.3) is 5.78 Å². The number of nitrogens with one attached hydrogen (secondary N) is 1. The summed E-state index contributed by atoms with van der Waals surface area (Å²) in [6, 6.07) is 0. The van der Waals surface area contributed by atoms with Gasteiger partial charge in [0.2, 0.25) is 5.78 Å². The van der Waals surface area contributed by atoms with Crippen LogP contribution in [0.5, 0.6) is 0 Å². The highest BCUT2D eigenvalue weighted by molar-refractivity contribution is 5.33. The minimum absolute atomic E-state index is 0.0405. The smallest absolute Gasteiger partial charge is 0.278 e. The first kappa shape index (κ1) is 10.5. The van der Waals surface area contributed by atoms with Gasteiger partial charge in [-0.15, -0.1) is 5.10 Å². The molecule has 2 aromatic rings. The second-order valence-electron chi connectivity index (χ2n) is 4.84. The molecule has 1 aliphatic carbocycles. The summed E-state index contributed by atoms with van der Waals surface area (Å²) in [6.45, 7) is 3.67. The van der Waals surface area contributed by atoms with Crippen LogP contribution in [0.4, 0.5) is 0 Å². The van der Waals surface area contributed by atoms with E-state index in [1.54, 1.807) is 6.92 Å². The van der Waals surface area contributed by atoms with Crippen molar-refractivity contribution in [2.75, 3.05) is 0 Å². The standard InChI is InChI=1S/C12H16N4O/c1-7-10(9-5-3-4-6-9)14-12-13-8(2)15-16(12)11(7)17/h9H,3-6H2,1-2H3,(H,13,14,15). The van der Waals surface area contributed by atoms with E-state index in [-0.39, 0.29) is 5.56 Å². The molecular weight excluding hydrogens is 216 g/mol. The van der Waals surface area contributed by atoms with Gasteiger partial charge in [0, 0.05) is 11.3 Å². The van der Waals surface area contributed by atoms with E-state index in [0.717, 1.165) is 11.3 Å². The van der Waals surface area contributed by atoms with Gasteiger partial charge >= 0.3 is 0 Å². The third-order valence-corrected chi connectivity index (χ3v) is 3.64. The van der Waals surface area contributed by atoms with Crippen LogP contribution in [0.2, 0.25) is 0 Å². The Bertz CT molecular complexity index is 619. The molecule has 90 valence electrons. The fraction of sp³-hybridized carbons (Fsp3) is 0.583. The predicted molar refractivity (Wildman–Crippen MR) is 64.3 cm³/mol. The van der Waals surface area contributed by atoms with Crippen molar-refractivity contribution in [3.05, 3.63) is 27.4 Å². The van der Waals surface area contributed by atoms with E-state index in [2.05, 4.69) is 15.1 Å². The Balaban J connectivity index is 2.24. The Morgan fingerprint density at radius 2 is 2.00 bits per heavy atom. The van der Waals surface area contributed by atoms with E-state index >= 15 is 0 Å². The van der Waals surface area contributed by atoms with Crippen molar-refractivity contribution >= 4 is 5.78 Å². The summed E-state index contributed by atoms with van der Waals surface area (Å²) >= 11 is 0. The van der Waals surface area contributed by atoms with Gasteiger partial charge in [-0.1, -0.05) is 12.8 Å². The maximum Gasteiger partial charge on any atom is 0.278 e. The molecule has 1 fully saturated rings. The largest absolute Gasteiger partial charge is 0.327 e. The third-order valence-electron chi connectivity index (χ3n) is 3.64. The molecule has 1 aliphatic rings. The summed E-state index contributed by atoms with van der Waals surface area (Å²) in [7, 11) is 0. The maximum atomic E-state index is 12.2. The van der Waals surface area contributed by atoms with Crippen molar-refractivity contribution in [2.45, 2.75) is 45.4 Å². The van der Waals surface area contributed by atoms with Gasteiger partial charge in [0.1, 0.15) is 5.82 Å². The number of aromatic amines is 1. The Kier molecular flexibility index (Phi) is 2.28. The molecule has 0 spiro atoms. The summed E-state index contributed by atoms with van der Waals surface area (Å²) in [5.41, 5.74) is 1.81. The van der Waals surface area contributed by atoms with Crippen LogP contribution in [-0.2, 0) is 0 Å². The topological polar surface area (TPSA) is 63.0 Å². The zero-order chi connectivity index (χ0) is 12.0. The average molecular weight is 232 g/mol. The van der Waals surface area contributed by atoms with Crippen molar-refractivity contribution in [3.63, 3.8) is 0 Å². The van der Waals surface area contributed by atoms with Crippen LogP contribution >= 0.6 is 0 Å². The second-order valence-corrected chi connectivity index (χ2v) is 4.84. The van der Waals surface area contributed by atoms with Gasteiger partial charge in [-0.25, -0.2) is 0 Å². The number of fused-ring (bicyclic) bond motifs is 1. The molecule has 5 nitrogen and oxygen atoms in total. The van der Waals surface area contributed by atoms with Gasteiger partial charge in [-0.05, 0) is 32.6 Å². The molecule has 2 heterocycles. The summed E-state index contributed by atoms with van der Waals surface area (Å²) in [5.74, 6) is 1.69. The predicted octanol–water partition coefficient (Wildman–Crippen LogP) is 1.69. The van der Waals surface area contributed by atoms with Crippen molar-refractivity contribution < 1.29 is 0 Å². The van der Waals surface area contributed by atoms with Crippen LogP contribution in [0.3, 0.4) is 0 Å². The first-order valence-corrected chi connectivity index (χ1v) is 6.13. The van der Waals surface area contributed by atoms with Gasteiger partial charge in [0.15, 0.2) is 0 Å². The molecule has 3 rings (SSSR count). The van der Waals surface area contributed by atoms with E-state index in [0.29, 0.717) is 17.5 Å². The number of rotatable bonds is 1. The molecular formula is C12H16N4O. The highest BCUT2D eigenvalue weighted by Gasteiger charge is 2.22. The van der Waals surface area contributed by atoms with Gasteiger partial charge in [-0.3, -0.25) is 4.79 Å². The van der Waals surface area contributed by atoms with E-state index in [1.807, 2.05) is 6.92 Å². The summed E-state index contributed by atoms with van der Waals surface area (Å²) < 4.78 is 1.36. The van der Waals surface area contributed by atoms with Gasteiger partial charge in [0.25, 0.3) is 5.56 Å². The monoisotopic (exact) mass is 232 g/mol. The normalized spacial score (nSPS) is 17.1. The van der Waals surface area contributed by atoms with Crippen LogP contribution in [-0.4, -0.2) is 19.6 Å². The first-order valence-electron chi connectivity index (χ1n) is 6.13. The average Bonchev–Trinajstić information content (AvgIpc) is 2.91.